The standard InChI is InChI=1S/C23H28FN3O2/c1-26(2)20-9-7-19(8-10-20)23(29)27-15-12-18(13-16-27)22(28)25-14-11-17-5-3-4-6-21(17)24/h3-10,18H,11-16H2,1-2H3,(H,25,28). The lowest BCUT2D eigenvalue weighted by molar-refractivity contribution is -0.126. The first-order valence-corrected chi connectivity index (χ1v) is 10.0. The van der Waals surface area contributed by atoms with Crippen LogP contribution in [-0.2, 0) is 11.2 Å². The molecule has 0 aromatic heterocycles. The van der Waals surface area contributed by atoms with Crippen LogP contribution in [0.15, 0.2) is 48.5 Å². The SMILES string of the molecule is CN(C)c1ccc(C(=O)N2CCC(C(=O)NCCc3ccccc3F)CC2)cc1. The second-order valence-electron chi connectivity index (χ2n) is 7.64. The number of nitrogens with zero attached hydrogens (tertiary/aromatic N) is 2. The van der Waals surface area contributed by atoms with Gasteiger partial charge in [-0.1, -0.05) is 18.2 Å². The van der Waals surface area contributed by atoms with Crippen molar-refractivity contribution < 1.29 is 14.0 Å². The summed E-state index contributed by atoms with van der Waals surface area (Å²) in [7, 11) is 3.92. The third-order valence-corrected chi connectivity index (χ3v) is 5.44. The molecule has 0 saturated carbocycles. The number of carbonyl (C=O) groups is 2. The van der Waals surface area contributed by atoms with Gasteiger partial charge in [0, 0.05) is 50.9 Å². The monoisotopic (exact) mass is 397 g/mol. The Balaban J connectivity index is 1.45. The molecule has 0 atom stereocenters. The molecule has 5 nitrogen and oxygen atoms in total. The molecular weight excluding hydrogens is 369 g/mol. The molecule has 6 heteroatoms. The summed E-state index contributed by atoms with van der Waals surface area (Å²) < 4.78 is 13.6. The van der Waals surface area contributed by atoms with E-state index >= 15 is 0 Å². The Morgan fingerprint density at radius 1 is 1.07 bits per heavy atom. The molecule has 29 heavy (non-hydrogen) atoms. The lowest BCUT2D eigenvalue weighted by atomic mass is 9.95. The molecule has 1 N–H and O–H groups in total. The first-order valence-electron chi connectivity index (χ1n) is 10.0. The van der Waals surface area contributed by atoms with Crippen molar-refractivity contribution in [2.24, 2.45) is 5.92 Å². The molecule has 2 aromatic rings. The molecule has 0 aliphatic carbocycles. The number of halogens is 1. The summed E-state index contributed by atoms with van der Waals surface area (Å²) in [6.07, 6.45) is 1.76. The van der Waals surface area contributed by atoms with E-state index in [0.29, 0.717) is 50.0 Å². The lowest BCUT2D eigenvalue weighted by Gasteiger charge is -2.31. The number of hydrogen-bond acceptors (Lipinski definition) is 3. The maximum atomic E-state index is 13.6. The summed E-state index contributed by atoms with van der Waals surface area (Å²) in [5.74, 6) is -0.347. The van der Waals surface area contributed by atoms with E-state index in [1.54, 1.807) is 18.2 Å². The maximum Gasteiger partial charge on any atom is 0.253 e. The molecule has 3 rings (SSSR count). The van der Waals surface area contributed by atoms with Gasteiger partial charge in [-0.2, -0.15) is 0 Å². The molecule has 0 spiro atoms. The fraction of sp³-hybridized carbons (Fsp3) is 0.391. The fourth-order valence-corrected chi connectivity index (χ4v) is 3.60. The quantitative estimate of drug-likeness (QED) is 0.815. The van der Waals surface area contributed by atoms with Gasteiger partial charge in [0.1, 0.15) is 5.82 Å². The van der Waals surface area contributed by atoms with Gasteiger partial charge in [0.05, 0.1) is 0 Å². The highest BCUT2D eigenvalue weighted by molar-refractivity contribution is 5.94. The van der Waals surface area contributed by atoms with E-state index in [1.807, 2.05) is 48.2 Å². The Morgan fingerprint density at radius 2 is 1.72 bits per heavy atom. The molecule has 0 bridgehead atoms. The number of benzene rings is 2. The van der Waals surface area contributed by atoms with Crippen LogP contribution in [0.5, 0.6) is 0 Å². The number of likely N-dealkylation sites (tertiary alicyclic amines) is 1. The largest absolute Gasteiger partial charge is 0.378 e. The third-order valence-electron chi connectivity index (χ3n) is 5.44. The topological polar surface area (TPSA) is 52.7 Å². The van der Waals surface area contributed by atoms with Crippen LogP contribution in [0, 0.1) is 11.7 Å². The summed E-state index contributed by atoms with van der Waals surface area (Å²) >= 11 is 0. The molecule has 1 saturated heterocycles. The molecule has 2 amide bonds. The van der Waals surface area contributed by atoms with Crippen LogP contribution in [0.1, 0.15) is 28.8 Å². The third kappa shape index (κ3) is 5.34. The first kappa shape index (κ1) is 20.8. The Kier molecular flexibility index (Phi) is 6.86. The second-order valence-corrected chi connectivity index (χ2v) is 7.64. The van der Waals surface area contributed by atoms with E-state index in [9.17, 15) is 14.0 Å². The predicted molar refractivity (Wildman–Crippen MR) is 113 cm³/mol. The molecule has 2 aromatic carbocycles. The normalized spacial score (nSPS) is 14.5. The number of rotatable bonds is 6. The molecule has 1 aliphatic heterocycles. The molecule has 154 valence electrons. The summed E-state index contributed by atoms with van der Waals surface area (Å²) in [4.78, 5) is 28.9. The number of amides is 2. The number of carbonyl (C=O) groups excluding carboxylic acids is 2. The lowest BCUT2D eigenvalue weighted by Crippen LogP contribution is -2.43. The van der Waals surface area contributed by atoms with Crippen LogP contribution in [-0.4, -0.2) is 50.4 Å². The van der Waals surface area contributed by atoms with Crippen LogP contribution in [0.25, 0.3) is 0 Å². The van der Waals surface area contributed by atoms with Crippen molar-refractivity contribution in [3.05, 3.63) is 65.5 Å². The highest BCUT2D eigenvalue weighted by Gasteiger charge is 2.27. The highest BCUT2D eigenvalue weighted by atomic mass is 19.1. The van der Waals surface area contributed by atoms with Crippen molar-refractivity contribution in [3.8, 4) is 0 Å². The predicted octanol–water partition coefficient (Wildman–Crippen LogP) is 3.10. The van der Waals surface area contributed by atoms with Gasteiger partial charge in [-0.05, 0) is 55.2 Å². The average molecular weight is 397 g/mol. The smallest absolute Gasteiger partial charge is 0.253 e. The van der Waals surface area contributed by atoms with Crippen molar-refractivity contribution >= 4 is 17.5 Å². The zero-order valence-electron chi connectivity index (χ0n) is 17.0. The van der Waals surface area contributed by atoms with Crippen LogP contribution in [0.3, 0.4) is 0 Å². The van der Waals surface area contributed by atoms with Crippen molar-refractivity contribution in [3.63, 3.8) is 0 Å². The van der Waals surface area contributed by atoms with Crippen LogP contribution >= 0.6 is 0 Å². The van der Waals surface area contributed by atoms with Crippen LogP contribution in [0.2, 0.25) is 0 Å². The van der Waals surface area contributed by atoms with Gasteiger partial charge in [0.2, 0.25) is 5.91 Å². The van der Waals surface area contributed by atoms with Gasteiger partial charge in [0.15, 0.2) is 0 Å². The first-order chi connectivity index (χ1) is 14.0. The Bertz CT molecular complexity index is 843. The number of nitrogens with one attached hydrogen (secondary N) is 1. The average Bonchev–Trinajstić information content (AvgIpc) is 2.74. The molecule has 1 aliphatic rings. The van der Waals surface area contributed by atoms with Gasteiger partial charge >= 0.3 is 0 Å². The van der Waals surface area contributed by atoms with Gasteiger partial charge in [-0.3, -0.25) is 9.59 Å². The van der Waals surface area contributed by atoms with Gasteiger partial charge in [-0.15, -0.1) is 0 Å². The minimum absolute atomic E-state index is 0.00807. The van der Waals surface area contributed by atoms with Gasteiger partial charge < -0.3 is 15.1 Å². The summed E-state index contributed by atoms with van der Waals surface area (Å²) in [5, 5.41) is 2.91. The summed E-state index contributed by atoms with van der Waals surface area (Å²) in [5.41, 5.74) is 2.32. The van der Waals surface area contributed by atoms with Gasteiger partial charge in [-0.25, -0.2) is 4.39 Å². The number of piperidine rings is 1. The zero-order chi connectivity index (χ0) is 20.8. The molecule has 0 unspecified atom stereocenters. The van der Waals surface area contributed by atoms with Crippen LogP contribution in [0.4, 0.5) is 10.1 Å². The molecule has 1 fully saturated rings. The molecular formula is C23H28FN3O2. The van der Waals surface area contributed by atoms with E-state index in [-0.39, 0.29) is 23.5 Å². The number of anilines is 1. The zero-order valence-corrected chi connectivity index (χ0v) is 17.0. The van der Waals surface area contributed by atoms with Gasteiger partial charge in [0.25, 0.3) is 5.91 Å². The van der Waals surface area contributed by atoms with Crippen molar-refractivity contribution in [1.82, 2.24) is 10.2 Å². The van der Waals surface area contributed by atoms with Crippen molar-refractivity contribution in [2.45, 2.75) is 19.3 Å². The van der Waals surface area contributed by atoms with E-state index in [0.717, 1.165) is 5.69 Å². The van der Waals surface area contributed by atoms with Crippen molar-refractivity contribution in [1.29, 1.82) is 0 Å². The Labute approximate surface area is 171 Å². The Hall–Kier alpha value is -2.89. The summed E-state index contributed by atoms with van der Waals surface area (Å²) in [6.45, 7) is 1.55. The van der Waals surface area contributed by atoms with E-state index in [1.165, 1.54) is 6.07 Å². The Morgan fingerprint density at radius 3 is 2.34 bits per heavy atom. The van der Waals surface area contributed by atoms with E-state index < -0.39 is 0 Å². The summed E-state index contributed by atoms with van der Waals surface area (Å²) in [6, 6.07) is 14.2. The van der Waals surface area contributed by atoms with E-state index in [4.69, 9.17) is 0 Å². The molecule has 0 radical (unpaired) electrons. The fourth-order valence-electron chi connectivity index (χ4n) is 3.60. The minimum atomic E-state index is -0.243. The minimum Gasteiger partial charge on any atom is -0.378 e. The number of hydrogen-bond donors (Lipinski definition) is 1. The second kappa shape index (κ2) is 9.54. The van der Waals surface area contributed by atoms with Crippen LogP contribution < -0.4 is 10.2 Å². The maximum absolute atomic E-state index is 13.6. The van der Waals surface area contributed by atoms with E-state index in [2.05, 4.69) is 5.32 Å². The molecule has 1 heterocycles. The van der Waals surface area contributed by atoms with Crippen molar-refractivity contribution in [2.75, 3.05) is 38.6 Å². The highest BCUT2D eigenvalue weighted by Crippen LogP contribution is 2.20.